The molecule has 2 amide bonds. The van der Waals surface area contributed by atoms with E-state index in [9.17, 15) is 14.4 Å². The summed E-state index contributed by atoms with van der Waals surface area (Å²) in [6.45, 7) is 1.87. The van der Waals surface area contributed by atoms with Gasteiger partial charge in [0, 0.05) is 18.6 Å². The molecule has 0 fully saturated rings. The summed E-state index contributed by atoms with van der Waals surface area (Å²) < 4.78 is 5.18. The number of nitrogens with zero attached hydrogens (tertiary/aromatic N) is 1. The normalized spacial score (nSPS) is 14.1. The zero-order chi connectivity index (χ0) is 13.8. The Morgan fingerprint density at radius 3 is 2.42 bits per heavy atom. The quantitative estimate of drug-likeness (QED) is 0.470. The molecule has 1 aliphatic heterocycles. The van der Waals surface area contributed by atoms with Gasteiger partial charge in [-0.15, -0.1) is 0 Å². The highest BCUT2D eigenvalue weighted by Crippen LogP contribution is 2.30. The van der Waals surface area contributed by atoms with Crippen LogP contribution in [0.3, 0.4) is 0 Å². The van der Waals surface area contributed by atoms with Crippen LogP contribution in [0.15, 0.2) is 36.4 Å². The molecule has 5 heteroatoms. The molecule has 0 atom stereocenters. The molecule has 0 aliphatic carbocycles. The zero-order valence-corrected chi connectivity index (χ0v) is 10.5. The predicted octanol–water partition coefficient (Wildman–Crippen LogP) is 1.82. The maximum atomic E-state index is 11.6. The Hall–Kier alpha value is -2.43. The maximum Gasteiger partial charge on any atom is 0.311 e. The van der Waals surface area contributed by atoms with Crippen LogP contribution in [0.2, 0.25) is 0 Å². The van der Waals surface area contributed by atoms with Gasteiger partial charge in [-0.3, -0.25) is 14.4 Å². The first-order valence-electron chi connectivity index (χ1n) is 5.99. The number of carbonyl (C=O) groups excluding carboxylic acids is 3. The van der Waals surface area contributed by atoms with Crippen molar-refractivity contribution >= 4 is 23.5 Å². The van der Waals surface area contributed by atoms with Crippen molar-refractivity contribution in [1.82, 2.24) is 0 Å². The molecule has 0 bridgehead atoms. The van der Waals surface area contributed by atoms with Gasteiger partial charge in [-0.05, 0) is 18.6 Å². The van der Waals surface area contributed by atoms with Gasteiger partial charge in [0.25, 0.3) is 11.8 Å². The van der Waals surface area contributed by atoms with Crippen molar-refractivity contribution in [2.75, 3.05) is 4.90 Å². The van der Waals surface area contributed by atoms with Crippen LogP contribution >= 0.6 is 0 Å². The summed E-state index contributed by atoms with van der Waals surface area (Å²) in [6.07, 6.45) is 3.33. The van der Waals surface area contributed by atoms with E-state index in [0.717, 1.165) is 4.90 Å². The maximum absolute atomic E-state index is 11.6. The van der Waals surface area contributed by atoms with Gasteiger partial charge in [0.1, 0.15) is 0 Å². The highest BCUT2D eigenvalue weighted by Gasteiger charge is 2.28. The lowest BCUT2D eigenvalue weighted by Gasteiger charge is -2.17. The minimum atomic E-state index is -0.441. The Balaban J connectivity index is 2.29. The summed E-state index contributed by atoms with van der Waals surface area (Å²) in [6, 6.07) is 6.47. The van der Waals surface area contributed by atoms with E-state index in [2.05, 4.69) is 0 Å². The van der Waals surface area contributed by atoms with E-state index in [0.29, 0.717) is 6.42 Å². The number of rotatable bonds is 4. The molecule has 0 saturated heterocycles. The van der Waals surface area contributed by atoms with Crippen LogP contribution in [0.4, 0.5) is 5.69 Å². The number of para-hydroxylation sites is 2. The lowest BCUT2D eigenvalue weighted by molar-refractivity contribution is -0.134. The number of imide groups is 1. The molecule has 2 rings (SSSR count). The Morgan fingerprint density at radius 2 is 1.79 bits per heavy atom. The summed E-state index contributed by atoms with van der Waals surface area (Å²) in [5.74, 6) is -1.05. The van der Waals surface area contributed by atoms with Gasteiger partial charge in [0.2, 0.25) is 0 Å². The number of esters is 1. The highest BCUT2D eigenvalue weighted by molar-refractivity contribution is 6.28. The van der Waals surface area contributed by atoms with Gasteiger partial charge in [-0.1, -0.05) is 19.1 Å². The number of amides is 2. The molecule has 5 nitrogen and oxygen atoms in total. The fourth-order valence-corrected chi connectivity index (χ4v) is 1.74. The number of hydrogen-bond donors (Lipinski definition) is 0. The van der Waals surface area contributed by atoms with Crippen LogP contribution in [-0.2, 0) is 14.4 Å². The lowest BCUT2D eigenvalue weighted by atomic mass is 10.2. The fraction of sp³-hybridized carbons (Fsp3) is 0.214. The smallest absolute Gasteiger partial charge is 0.311 e. The fourth-order valence-electron chi connectivity index (χ4n) is 1.74. The van der Waals surface area contributed by atoms with Crippen molar-refractivity contribution in [3.05, 3.63) is 36.4 Å². The second kappa shape index (κ2) is 5.48. The zero-order valence-electron chi connectivity index (χ0n) is 10.5. The molecule has 0 N–H and O–H groups in total. The van der Waals surface area contributed by atoms with Gasteiger partial charge in [0.05, 0.1) is 5.69 Å². The number of ether oxygens (including phenoxy) is 1. The molecule has 98 valence electrons. The molecule has 0 aromatic heterocycles. The van der Waals surface area contributed by atoms with E-state index in [1.807, 2.05) is 6.92 Å². The molecule has 1 heterocycles. The second-order valence-electron chi connectivity index (χ2n) is 4.04. The first-order chi connectivity index (χ1) is 9.13. The molecule has 1 aliphatic rings. The van der Waals surface area contributed by atoms with E-state index >= 15 is 0 Å². The Labute approximate surface area is 110 Å². The molecule has 1 aromatic carbocycles. The van der Waals surface area contributed by atoms with E-state index in [-0.39, 0.29) is 23.8 Å². The van der Waals surface area contributed by atoms with E-state index in [1.165, 1.54) is 12.2 Å². The number of anilines is 1. The van der Waals surface area contributed by atoms with Crippen LogP contribution in [-0.4, -0.2) is 17.8 Å². The van der Waals surface area contributed by atoms with Gasteiger partial charge in [-0.25, -0.2) is 4.90 Å². The minimum Gasteiger partial charge on any atom is -0.424 e. The van der Waals surface area contributed by atoms with Gasteiger partial charge in [-0.2, -0.15) is 0 Å². The minimum absolute atomic E-state index is 0.214. The summed E-state index contributed by atoms with van der Waals surface area (Å²) in [5.41, 5.74) is 0.284. The highest BCUT2D eigenvalue weighted by atomic mass is 16.5. The van der Waals surface area contributed by atoms with Crippen LogP contribution < -0.4 is 9.64 Å². The summed E-state index contributed by atoms with van der Waals surface area (Å²) >= 11 is 0. The van der Waals surface area contributed by atoms with Crippen molar-refractivity contribution in [2.45, 2.75) is 19.8 Å². The van der Waals surface area contributed by atoms with Crippen LogP contribution in [0.5, 0.6) is 5.75 Å². The topological polar surface area (TPSA) is 63.7 Å². The number of carbonyl (C=O) groups is 3. The third-order valence-electron chi connectivity index (χ3n) is 2.59. The molecule has 0 unspecified atom stereocenters. The number of hydrogen-bond acceptors (Lipinski definition) is 4. The molecule has 0 spiro atoms. The largest absolute Gasteiger partial charge is 0.424 e. The Kier molecular flexibility index (Phi) is 3.75. The second-order valence-corrected chi connectivity index (χ2v) is 4.04. The molecule has 1 aromatic rings. The van der Waals surface area contributed by atoms with Gasteiger partial charge in [0.15, 0.2) is 5.75 Å². The number of benzene rings is 1. The molecule has 0 radical (unpaired) electrons. The van der Waals surface area contributed by atoms with Gasteiger partial charge < -0.3 is 4.74 Å². The van der Waals surface area contributed by atoms with E-state index in [4.69, 9.17) is 4.74 Å². The monoisotopic (exact) mass is 259 g/mol. The first-order valence-corrected chi connectivity index (χ1v) is 5.99. The first kappa shape index (κ1) is 13.0. The van der Waals surface area contributed by atoms with E-state index in [1.54, 1.807) is 24.3 Å². The average molecular weight is 259 g/mol. The van der Waals surface area contributed by atoms with Crippen molar-refractivity contribution in [1.29, 1.82) is 0 Å². The van der Waals surface area contributed by atoms with Crippen LogP contribution in [0, 0.1) is 0 Å². The molecular formula is C14H13NO4. The third-order valence-corrected chi connectivity index (χ3v) is 2.59. The van der Waals surface area contributed by atoms with Crippen LogP contribution in [0.1, 0.15) is 19.8 Å². The lowest BCUT2D eigenvalue weighted by Crippen LogP contribution is -2.30. The van der Waals surface area contributed by atoms with Crippen molar-refractivity contribution in [3.8, 4) is 5.75 Å². The SMILES string of the molecule is CCCC(=O)Oc1ccccc1N1C(=O)C=CC1=O. The van der Waals surface area contributed by atoms with Crippen molar-refractivity contribution in [3.63, 3.8) is 0 Å². The standard InChI is InChI=1S/C14H13NO4/c1-2-5-14(18)19-11-7-4-3-6-10(11)15-12(16)8-9-13(15)17/h3-4,6-9H,2,5H2,1H3. The summed E-state index contributed by atoms with van der Waals surface area (Å²) in [4.78, 5) is 35.8. The van der Waals surface area contributed by atoms with Crippen LogP contribution in [0.25, 0.3) is 0 Å². The summed E-state index contributed by atoms with van der Waals surface area (Å²) in [7, 11) is 0. The molecule has 19 heavy (non-hydrogen) atoms. The van der Waals surface area contributed by atoms with E-state index < -0.39 is 11.8 Å². The third kappa shape index (κ3) is 2.70. The van der Waals surface area contributed by atoms with Crippen molar-refractivity contribution in [2.24, 2.45) is 0 Å². The summed E-state index contributed by atoms with van der Waals surface area (Å²) in [5, 5.41) is 0. The van der Waals surface area contributed by atoms with Crippen molar-refractivity contribution < 1.29 is 19.1 Å². The molecular weight excluding hydrogens is 246 g/mol. The molecule has 0 saturated carbocycles. The Bertz CT molecular complexity index is 544. The Morgan fingerprint density at radius 1 is 1.16 bits per heavy atom. The predicted molar refractivity (Wildman–Crippen MR) is 68.6 cm³/mol. The average Bonchev–Trinajstić information content (AvgIpc) is 2.70. The van der Waals surface area contributed by atoms with Gasteiger partial charge >= 0.3 is 5.97 Å².